The fourth-order valence-corrected chi connectivity index (χ4v) is 5.30. The van der Waals surface area contributed by atoms with E-state index in [1.54, 1.807) is 24.3 Å². The quantitative estimate of drug-likeness (QED) is 0.900. The molecule has 0 atom stereocenters. The van der Waals surface area contributed by atoms with Gasteiger partial charge in [0.15, 0.2) is 0 Å². The van der Waals surface area contributed by atoms with E-state index in [2.05, 4.69) is 10.6 Å². The molecule has 0 heterocycles. The first-order valence-corrected chi connectivity index (χ1v) is 8.77. The van der Waals surface area contributed by atoms with Gasteiger partial charge in [0.25, 0.3) is 5.91 Å². The maximum absolute atomic E-state index is 12.6. The van der Waals surface area contributed by atoms with Crippen molar-refractivity contribution in [3.05, 3.63) is 29.8 Å². The summed E-state index contributed by atoms with van der Waals surface area (Å²) in [5.41, 5.74) is 1.40. The SMILES string of the molecule is CC(=O)Nc1ccc(C(=O)NC2C3CC4CC(C3)CC2C4)cc1. The molecule has 0 spiro atoms. The van der Waals surface area contributed by atoms with Gasteiger partial charge in [0, 0.05) is 24.2 Å². The Bertz CT molecular complexity index is 595. The number of benzene rings is 1. The van der Waals surface area contributed by atoms with Crippen LogP contribution in [0.25, 0.3) is 0 Å². The topological polar surface area (TPSA) is 58.2 Å². The highest BCUT2D eigenvalue weighted by atomic mass is 16.2. The van der Waals surface area contributed by atoms with Gasteiger partial charge in [-0.15, -0.1) is 0 Å². The number of nitrogens with one attached hydrogen (secondary N) is 2. The molecule has 2 amide bonds. The molecule has 0 saturated heterocycles. The van der Waals surface area contributed by atoms with Crippen molar-refractivity contribution in [1.29, 1.82) is 0 Å². The lowest BCUT2D eigenvalue weighted by atomic mass is 9.54. The molecule has 23 heavy (non-hydrogen) atoms. The molecule has 0 radical (unpaired) electrons. The fourth-order valence-electron chi connectivity index (χ4n) is 5.30. The monoisotopic (exact) mass is 312 g/mol. The Labute approximate surface area is 137 Å². The summed E-state index contributed by atoms with van der Waals surface area (Å²) < 4.78 is 0. The number of carbonyl (C=O) groups excluding carboxylic acids is 2. The fraction of sp³-hybridized carbons (Fsp3) is 0.579. The van der Waals surface area contributed by atoms with Crippen LogP contribution in [0.5, 0.6) is 0 Å². The molecular weight excluding hydrogens is 288 g/mol. The van der Waals surface area contributed by atoms with Crippen molar-refractivity contribution in [2.24, 2.45) is 23.7 Å². The normalized spacial score (nSPS) is 34.2. The summed E-state index contributed by atoms with van der Waals surface area (Å²) in [6.45, 7) is 1.48. The van der Waals surface area contributed by atoms with Gasteiger partial charge < -0.3 is 10.6 Å². The maximum Gasteiger partial charge on any atom is 0.251 e. The smallest absolute Gasteiger partial charge is 0.251 e. The summed E-state index contributed by atoms with van der Waals surface area (Å²) >= 11 is 0. The molecular formula is C19H24N2O2. The van der Waals surface area contributed by atoms with E-state index in [0.717, 1.165) is 17.5 Å². The van der Waals surface area contributed by atoms with E-state index in [1.807, 2.05) is 0 Å². The maximum atomic E-state index is 12.6. The van der Waals surface area contributed by atoms with E-state index in [0.29, 0.717) is 23.4 Å². The second kappa shape index (κ2) is 5.66. The molecule has 4 aliphatic rings. The zero-order chi connectivity index (χ0) is 16.0. The van der Waals surface area contributed by atoms with E-state index in [1.165, 1.54) is 39.0 Å². The first-order chi connectivity index (χ1) is 11.1. The molecule has 1 aromatic rings. The van der Waals surface area contributed by atoms with E-state index >= 15 is 0 Å². The number of carbonyl (C=O) groups is 2. The Morgan fingerprint density at radius 2 is 1.48 bits per heavy atom. The highest BCUT2D eigenvalue weighted by Gasteiger charge is 2.48. The lowest BCUT2D eigenvalue weighted by Gasteiger charge is -2.54. The third kappa shape index (κ3) is 2.87. The Morgan fingerprint density at radius 3 is 2.00 bits per heavy atom. The minimum atomic E-state index is -0.101. The number of rotatable bonds is 3. The highest BCUT2D eigenvalue weighted by Crippen LogP contribution is 2.53. The predicted octanol–water partition coefficient (Wildman–Crippen LogP) is 3.20. The number of hydrogen-bond acceptors (Lipinski definition) is 2. The Hall–Kier alpha value is -1.84. The number of amides is 2. The molecule has 1 aromatic carbocycles. The van der Waals surface area contributed by atoms with Crippen LogP contribution in [-0.4, -0.2) is 17.9 Å². The molecule has 2 N–H and O–H groups in total. The van der Waals surface area contributed by atoms with Crippen LogP contribution in [0.2, 0.25) is 0 Å². The molecule has 0 unspecified atom stereocenters. The Kier molecular flexibility index (Phi) is 3.63. The van der Waals surface area contributed by atoms with Gasteiger partial charge in [-0.2, -0.15) is 0 Å². The molecule has 0 aromatic heterocycles. The molecule has 0 aliphatic heterocycles. The third-order valence-electron chi connectivity index (χ3n) is 5.99. The molecule has 4 saturated carbocycles. The van der Waals surface area contributed by atoms with Crippen LogP contribution in [0.3, 0.4) is 0 Å². The van der Waals surface area contributed by atoms with Crippen molar-refractivity contribution in [2.75, 3.05) is 5.32 Å². The van der Waals surface area contributed by atoms with Gasteiger partial charge in [-0.25, -0.2) is 0 Å². The largest absolute Gasteiger partial charge is 0.349 e. The lowest BCUT2D eigenvalue weighted by molar-refractivity contribution is -0.114. The van der Waals surface area contributed by atoms with Crippen LogP contribution >= 0.6 is 0 Å². The van der Waals surface area contributed by atoms with E-state index < -0.39 is 0 Å². The van der Waals surface area contributed by atoms with Crippen LogP contribution < -0.4 is 10.6 Å². The minimum absolute atomic E-state index is 0.0249. The van der Waals surface area contributed by atoms with Crippen LogP contribution in [0, 0.1) is 23.7 Å². The van der Waals surface area contributed by atoms with Crippen molar-refractivity contribution in [1.82, 2.24) is 5.32 Å². The molecule has 122 valence electrons. The molecule has 4 bridgehead atoms. The molecule has 4 fully saturated rings. The van der Waals surface area contributed by atoms with Gasteiger partial charge in [0.05, 0.1) is 0 Å². The predicted molar refractivity (Wildman–Crippen MR) is 89.0 cm³/mol. The second-order valence-corrected chi connectivity index (χ2v) is 7.69. The third-order valence-corrected chi connectivity index (χ3v) is 5.99. The lowest BCUT2D eigenvalue weighted by Crippen LogP contribution is -2.55. The first kappa shape index (κ1) is 14.7. The van der Waals surface area contributed by atoms with Gasteiger partial charge in [-0.1, -0.05) is 0 Å². The zero-order valence-corrected chi connectivity index (χ0v) is 13.5. The average molecular weight is 312 g/mol. The molecule has 4 nitrogen and oxygen atoms in total. The van der Waals surface area contributed by atoms with Gasteiger partial charge in [0.2, 0.25) is 5.91 Å². The van der Waals surface area contributed by atoms with Gasteiger partial charge in [-0.05, 0) is 80.0 Å². The summed E-state index contributed by atoms with van der Waals surface area (Å²) in [6.07, 6.45) is 6.65. The van der Waals surface area contributed by atoms with Crippen LogP contribution in [0.4, 0.5) is 5.69 Å². The van der Waals surface area contributed by atoms with E-state index in [9.17, 15) is 9.59 Å². The van der Waals surface area contributed by atoms with Crippen molar-refractivity contribution >= 4 is 17.5 Å². The van der Waals surface area contributed by atoms with Gasteiger partial charge >= 0.3 is 0 Å². The first-order valence-electron chi connectivity index (χ1n) is 8.77. The second-order valence-electron chi connectivity index (χ2n) is 7.69. The van der Waals surface area contributed by atoms with Crippen molar-refractivity contribution < 1.29 is 9.59 Å². The molecule has 5 rings (SSSR count). The Balaban J connectivity index is 1.43. The number of anilines is 1. The summed E-state index contributed by atoms with van der Waals surface area (Å²) in [7, 11) is 0. The van der Waals surface area contributed by atoms with Crippen LogP contribution in [-0.2, 0) is 4.79 Å². The average Bonchev–Trinajstić information content (AvgIpc) is 2.50. The summed E-state index contributed by atoms with van der Waals surface area (Å²) in [6, 6.07) is 7.51. The van der Waals surface area contributed by atoms with Gasteiger partial charge in [0.1, 0.15) is 0 Å². The van der Waals surface area contributed by atoms with E-state index in [4.69, 9.17) is 0 Å². The van der Waals surface area contributed by atoms with Crippen LogP contribution in [0.15, 0.2) is 24.3 Å². The minimum Gasteiger partial charge on any atom is -0.349 e. The van der Waals surface area contributed by atoms with E-state index in [-0.39, 0.29) is 11.8 Å². The van der Waals surface area contributed by atoms with Gasteiger partial charge in [-0.3, -0.25) is 9.59 Å². The summed E-state index contributed by atoms with van der Waals surface area (Å²) in [5, 5.41) is 6.04. The van der Waals surface area contributed by atoms with Crippen molar-refractivity contribution in [3.63, 3.8) is 0 Å². The summed E-state index contributed by atoms with van der Waals surface area (Å²) in [4.78, 5) is 23.6. The highest BCUT2D eigenvalue weighted by molar-refractivity contribution is 5.95. The standard InChI is InChI=1S/C19H24N2O2/c1-11(22)20-17-4-2-14(3-5-17)19(23)21-18-15-7-12-6-13(9-15)10-16(18)8-12/h2-5,12-13,15-16,18H,6-10H2,1H3,(H,20,22)(H,21,23). The van der Waals surface area contributed by atoms with Crippen molar-refractivity contribution in [2.45, 2.75) is 45.1 Å². The Morgan fingerprint density at radius 1 is 0.913 bits per heavy atom. The number of hydrogen-bond donors (Lipinski definition) is 2. The zero-order valence-electron chi connectivity index (χ0n) is 13.5. The van der Waals surface area contributed by atoms with Crippen molar-refractivity contribution in [3.8, 4) is 0 Å². The molecule has 4 heteroatoms. The van der Waals surface area contributed by atoms with Crippen LogP contribution in [0.1, 0.15) is 49.4 Å². The molecule has 4 aliphatic carbocycles. The summed E-state index contributed by atoms with van der Waals surface area (Å²) in [5.74, 6) is 3.14.